The first-order valence-electron chi connectivity index (χ1n) is 7.58. The van der Waals surface area contributed by atoms with E-state index in [-0.39, 0.29) is 17.2 Å². The number of anilines is 1. The minimum Gasteiger partial charge on any atom is -0.321 e. The van der Waals surface area contributed by atoms with Gasteiger partial charge in [0.25, 0.3) is 11.5 Å². The van der Waals surface area contributed by atoms with Crippen LogP contribution in [0, 0.1) is 13.8 Å². The summed E-state index contributed by atoms with van der Waals surface area (Å²) >= 11 is 0. The molecular formula is C19H17N3O2. The number of hydrogen-bond donors (Lipinski definition) is 1. The van der Waals surface area contributed by atoms with E-state index in [9.17, 15) is 9.59 Å². The second kappa shape index (κ2) is 6.50. The molecule has 3 rings (SSSR count). The quantitative estimate of drug-likeness (QED) is 0.807. The molecule has 0 bridgehead atoms. The van der Waals surface area contributed by atoms with Gasteiger partial charge < -0.3 is 5.32 Å². The summed E-state index contributed by atoms with van der Waals surface area (Å²) in [5.74, 6) is -0.357. The van der Waals surface area contributed by atoms with Crippen molar-refractivity contribution < 1.29 is 4.79 Å². The number of carbonyl (C=O) groups excluding carboxylic acids is 1. The molecule has 0 aliphatic carbocycles. The summed E-state index contributed by atoms with van der Waals surface area (Å²) in [6.07, 6.45) is 0. The van der Waals surface area contributed by atoms with E-state index in [1.807, 2.05) is 50.2 Å². The van der Waals surface area contributed by atoms with Gasteiger partial charge in [-0.3, -0.25) is 9.59 Å². The molecule has 0 aliphatic rings. The van der Waals surface area contributed by atoms with E-state index in [2.05, 4.69) is 10.4 Å². The number of rotatable bonds is 3. The van der Waals surface area contributed by atoms with E-state index in [1.165, 1.54) is 16.8 Å². The van der Waals surface area contributed by atoms with Gasteiger partial charge in [-0.05, 0) is 55.3 Å². The zero-order chi connectivity index (χ0) is 17.1. The number of amides is 1. The third-order valence-electron chi connectivity index (χ3n) is 3.51. The fourth-order valence-electron chi connectivity index (χ4n) is 2.53. The summed E-state index contributed by atoms with van der Waals surface area (Å²) in [5.41, 5.74) is 3.34. The van der Waals surface area contributed by atoms with Crippen molar-refractivity contribution in [2.24, 2.45) is 0 Å². The Balaban J connectivity index is 1.92. The topological polar surface area (TPSA) is 64.0 Å². The zero-order valence-electron chi connectivity index (χ0n) is 13.5. The lowest BCUT2D eigenvalue weighted by Crippen LogP contribution is -2.24. The van der Waals surface area contributed by atoms with E-state index in [1.54, 1.807) is 12.1 Å². The van der Waals surface area contributed by atoms with Gasteiger partial charge in [0.15, 0.2) is 0 Å². The highest BCUT2D eigenvalue weighted by molar-refractivity contribution is 6.02. The van der Waals surface area contributed by atoms with Crippen LogP contribution in [0.1, 0.15) is 21.6 Å². The molecule has 1 heterocycles. The number of aryl methyl sites for hydroxylation is 2. The summed E-state index contributed by atoms with van der Waals surface area (Å²) in [6.45, 7) is 3.94. The van der Waals surface area contributed by atoms with E-state index < -0.39 is 0 Å². The highest BCUT2D eigenvalue weighted by Crippen LogP contribution is 2.14. The smallest absolute Gasteiger partial charge is 0.276 e. The SMILES string of the molecule is Cc1cc(C)cc(NC(=O)c2ccc(=O)n(-c3ccccc3)n2)c1. The Morgan fingerprint density at radius 1 is 0.958 bits per heavy atom. The third kappa shape index (κ3) is 3.41. The average Bonchev–Trinajstić information content (AvgIpc) is 2.55. The number of nitrogens with one attached hydrogen (secondary N) is 1. The molecule has 0 radical (unpaired) electrons. The number of carbonyl (C=O) groups is 1. The van der Waals surface area contributed by atoms with Gasteiger partial charge >= 0.3 is 0 Å². The molecule has 3 aromatic rings. The van der Waals surface area contributed by atoms with Crippen LogP contribution in [-0.4, -0.2) is 15.7 Å². The maximum atomic E-state index is 12.4. The maximum absolute atomic E-state index is 12.4. The molecule has 0 saturated carbocycles. The molecule has 0 fully saturated rings. The molecule has 0 saturated heterocycles. The molecular weight excluding hydrogens is 302 g/mol. The highest BCUT2D eigenvalue weighted by atomic mass is 16.2. The summed E-state index contributed by atoms with van der Waals surface area (Å²) in [6, 6.07) is 17.6. The lowest BCUT2D eigenvalue weighted by atomic mass is 10.1. The average molecular weight is 319 g/mol. The van der Waals surface area contributed by atoms with Gasteiger partial charge in [-0.25, -0.2) is 0 Å². The number of aromatic nitrogens is 2. The van der Waals surface area contributed by atoms with Gasteiger partial charge in [-0.15, -0.1) is 0 Å². The van der Waals surface area contributed by atoms with Crippen molar-refractivity contribution in [1.82, 2.24) is 9.78 Å². The van der Waals surface area contributed by atoms with Crippen LogP contribution < -0.4 is 10.9 Å². The van der Waals surface area contributed by atoms with Gasteiger partial charge in [0.1, 0.15) is 5.69 Å². The summed E-state index contributed by atoms with van der Waals surface area (Å²) in [7, 11) is 0. The highest BCUT2D eigenvalue weighted by Gasteiger charge is 2.11. The van der Waals surface area contributed by atoms with Crippen molar-refractivity contribution in [1.29, 1.82) is 0 Å². The number of hydrogen-bond acceptors (Lipinski definition) is 3. The molecule has 1 amide bonds. The predicted molar refractivity (Wildman–Crippen MR) is 93.7 cm³/mol. The fourth-order valence-corrected chi connectivity index (χ4v) is 2.53. The number of benzene rings is 2. The Hall–Kier alpha value is -3.21. The molecule has 0 spiro atoms. The van der Waals surface area contributed by atoms with Crippen molar-refractivity contribution in [2.45, 2.75) is 13.8 Å². The molecule has 0 aliphatic heterocycles. The lowest BCUT2D eigenvalue weighted by Gasteiger charge is -2.09. The number of nitrogens with zero attached hydrogens (tertiary/aromatic N) is 2. The van der Waals surface area contributed by atoms with E-state index in [0.717, 1.165) is 11.1 Å². The second-order valence-corrected chi connectivity index (χ2v) is 5.63. The zero-order valence-corrected chi connectivity index (χ0v) is 13.5. The van der Waals surface area contributed by atoms with Crippen LogP contribution >= 0.6 is 0 Å². The number of para-hydroxylation sites is 1. The fraction of sp³-hybridized carbons (Fsp3) is 0.105. The van der Waals surface area contributed by atoms with Crippen molar-refractivity contribution >= 4 is 11.6 Å². The third-order valence-corrected chi connectivity index (χ3v) is 3.51. The van der Waals surface area contributed by atoms with Crippen molar-refractivity contribution in [3.05, 3.63) is 87.8 Å². The Bertz CT molecular complexity index is 926. The molecule has 5 heteroatoms. The second-order valence-electron chi connectivity index (χ2n) is 5.63. The minimum absolute atomic E-state index is 0.178. The Labute approximate surface area is 139 Å². The van der Waals surface area contributed by atoms with Crippen molar-refractivity contribution in [3.63, 3.8) is 0 Å². The monoisotopic (exact) mass is 319 g/mol. The first kappa shape index (κ1) is 15.7. The Morgan fingerprint density at radius 3 is 2.29 bits per heavy atom. The van der Waals surface area contributed by atoms with Crippen LogP contribution in [0.2, 0.25) is 0 Å². The van der Waals surface area contributed by atoms with Crippen molar-refractivity contribution in [3.8, 4) is 5.69 Å². The van der Waals surface area contributed by atoms with Crippen LogP contribution in [0.15, 0.2) is 65.5 Å². The molecule has 1 N–H and O–H groups in total. The summed E-state index contributed by atoms with van der Waals surface area (Å²) < 4.78 is 1.22. The van der Waals surface area contributed by atoms with Gasteiger partial charge in [0.05, 0.1) is 5.69 Å². The standard InChI is InChI=1S/C19H17N3O2/c1-13-10-14(2)12-15(11-13)20-19(24)17-8-9-18(23)22(21-17)16-6-4-3-5-7-16/h3-12H,1-2H3,(H,20,24). The van der Waals surface area contributed by atoms with Crippen LogP contribution in [-0.2, 0) is 0 Å². The molecule has 2 aromatic carbocycles. The molecule has 5 nitrogen and oxygen atoms in total. The Kier molecular flexibility index (Phi) is 4.24. The van der Waals surface area contributed by atoms with Crippen LogP contribution in [0.4, 0.5) is 5.69 Å². The van der Waals surface area contributed by atoms with E-state index in [4.69, 9.17) is 0 Å². The first-order chi connectivity index (χ1) is 11.5. The first-order valence-corrected chi connectivity index (χ1v) is 7.58. The maximum Gasteiger partial charge on any atom is 0.276 e. The van der Waals surface area contributed by atoms with Gasteiger partial charge in [0, 0.05) is 11.8 Å². The summed E-state index contributed by atoms with van der Waals surface area (Å²) in [5, 5.41) is 7.00. The summed E-state index contributed by atoms with van der Waals surface area (Å²) in [4.78, 5) is 24.5. The predicted octanol–water partition coefficient (Wildman–Crippen LogP) is 3.10. The van der Waals surface area contributed by atoms with Crippen LogP contribution in [0.25, 0.3) is 5.69 Å². The minimum atomic E-state index is -0.357. The molecule has 24 heavy (non-hydrogen) atoms. The van der Waals surface area contributed by atoms with E-state index >= 15 is 0 Å². The van der Waals surface area contributed by atoms with Gasteiger partial charge in [0.2, 0.25) is 0 Å². The molecule has 1 aromatic heterocycles. The lowest BCUT2D eigenvalue weighted by molar-refractivity contribution is 0.102. The van der Waals surface area contributed by atoms with Crippen LogP contribution in [0.5, 0.6) is 0 Å². The Morgan fingerprint density at radius 2 is 1.62 bits per heavy atom. The molecule has 0 atom stereocenters. The van der Waals surface area contributed by atoms with Crippen molar-refractivity contribution in [2.75, 3.05) is 5.32 Å². The molecule has 120 valence electrons. The van der Waals surface area contributed by atoms with Gasteiger partial charge in [-0.2, -0.15) is 9.78 Å². The largest absolute Gasteiger partial charge is 0.321 e. The normalized spacial score (nSPS) is 10.4. The van der Waals surface area contributed by atoms with E-state index in [0.29, 0.717) is 11.4 Å². The molecule has 0 unspecified atom stereocenters. The van der Waals surface area contributed by atoms with Gasteiger partial charge in [-0.1, -0.05) is 24.3 Å². The van der Waals surface area contributed by atoms with Crippen LogP contribution in [0.3, 0.4) is 0 Å².